The lowest BCUT2D eigenvalue weighted by Crippen LogP contribution is -2.49. The van der Waals surface area contributed by atoms with Gasteiger partial charge in [0.05, 0.1) is 12.9 Å². The van der Waals surface area contributed by atoms with Crippen LogP contribution in [-0.4, -0.2) is 49.8 Å². The van der Waals surface area contributed by atoms with E-state index in [2.05, 4.69) is 41.3 Å². The highest BCUT2D eigenvalue weighted by molar-refractivity contribution is 7.99. The maximum atomic E-state index is 12.4. The Morgan fingerprint density at radius 3 is 2.32 bits per heavy atom. The molecule has 0 spiro atoms. The Kier molecular flexibility index (Phi) is 6.23. The minimum atomic E-state index is 0.242. The highest BCUT2D eigenvalue weighted by atomic mass is 32.2. The standard InChI is InChI=1S/C20H24N2O2S/c1-24-19-9-7-17(8-10-19)15-25-16-20(23)22-13-11-21(12-14-22)18-5-3-2-4-6-18/h2-10H,11-16H2,1H3. The number of rotatable bonds is 6. The van der Waals surface area contributed by atoms with Crippen molar-refractivity contribution in [2.75, 3.05) is 43.9 Å². The molecule has 1 amide bonds. The lowest BCUT2D eigenvalue weighted by molar-refractivity contribution is -0.128. The number of hydrogen-bond donors (Lipinski definition) is 0. The van der Waals surface area contributed by atoms with Gasteiger partial charge in [0.2, 0.25) is 5.91 Å². The van der Waals surface area contributed by atoms with Crippen molar-refractivity contribution in [1.29, 1.82) is 0 Å². The molecule has 2 aromatic rings. The summed E-state index contributed by atoms with van der Waals surface area (Å²) in [7, 11) is 1.67. The minimum absolute atomic E-state index is 0.242. The van der Waals surface area contributed by atoms with Crippen molar-refractivity contribution in [2.24, 2.45) is 0 Å². The molecule has 5 heteroatoms. The van der Waals surface area contributed by atoms with Crippen LogP contribution in [0.5, 0.6) is 5.75 Å². The average Bonchev–Trinajstić information content (AvgIpc) is 2.69. The van der Waals surface area contributed by atoms with Gasteiger partial charge in [-0.1, -0.05) is 30.3 Å². The van der Waals surface area contributed by atoms with Gasteiger partial charge in [-0.15, -0.1) is 11.8 Å². The van der Waals surface area contributed by atoms with Crippen molar-refractivity contribution in [3.63, 3.8) is 0 Å². The van der Waals surface area contributed by atoms with Gasteiger partial charge < -0.3 is 14.5 Å². The Morgan fingerprint density at radius 1 is 1.00 bits per heavy atom. The summed E-state index contributed by atoms with van der Waals surface area (Å²) in [6.07, 6.45) is 0. The van der Waals surface area contributed by atoms with E-state index in [-0.39, 0.29) is 5.91 Å². The molecule has 0 aliphatic carbocycles. The fourth-order valence-electron chi connectivity index (χ4n) is 2.92. The van der Waals surface area contributed by atoms with E-state index in [9.17, 15) is 4.79 Å². The average molecular weight is 356 g/mol. The maximum Gasteiger partial charge on any atom is 0.232 e. The summed E-state index contributed by atoms with van der Waals surface area (Å²) in [6, 6.07) is 18.4. The first-order valence-corrected chi connectivity index (χ1v) is 9.70. The Bertz CT molecular complexity index is 668. The molecule has 0 bridgehead atoms. The van der Waals surface area contributed by atoms with Crippen molar-refractivity contribution in [3.05, 3.63) is 60.2 Å². The van der Waals surface area contributed by atoms with Crippen molar-refractivity contribution >= 4 is 23.4 Å². The van der Waals surface area contributed by atoms with Crippen LogP contribution in [0.4, 0.5) is 5.69 Å². The molecule has 1 saturated heterocycles. The van der Waals surface area contributed by atoms with Gasteiger partial charge in [0.1, 0.15) is 5.75 Å². The summed E-state index contributed by atoms with van der Waals surface area (Å²) in [4.78, 5) is 16.7. The number of thioether (sulfide) groups is 1. The molecule has 1 aliphatic rings. The second-order valence-corrected chi connectivity index (χ2v) is 7.03. The topological polar surface area (TPSA) is 32.8 Å². The zero-order valence-electron chi connectivity index (χ0n) is 14.6. The fraction of sp³-hybridized carbons (Fsp3) is 0.350. The van der Waals surface area contributed by atoms with E-state index in [1.54, 1.807) is 18.9 Å². The molecule has 3 rings (SSSR count). The number of methoxy groups -OCH3 is 1. The third-order valence-electron chi connectivity index (χ3n) is 4.41. The van der Waals surface area contributed by atoms with Crippen LogP contribution in [0.25, 0.3) is 0 Å². The van der Waals surface area contributed by atoms with Crippen molar-refractivity contribution in [3.8, 4) is 5.75 Å². The maximum absolute atomic E-state index is 12.4. The number of carbonyl (C=O) groups is 1. The van der Waals surface area contributed by atoms with Crippen molar-refractivity contribution < 1.29 is 9.53 Å². The number of anilines is 1. The first-order chi connectivity index (χ1) is 12.3. The molecule has 1 heterocycles. The van der Waals surface area contributed by atoms with E-state index in [0.29, 0.717) is 5.75 Å². The van der Waals surface area contributed by atoms with E-state index in [0.717, 1.165) is 37.7 Å². The van der Waals surface area contributed by atoms with Crippen LogP contribution in [-0.2, 0) is 10.5 Å². The monoisotopic (exact) mass is 356 g/mol. The summed E-state index contributed by atoms with van der Waals surface area (Å²) < 4.78 is 5.16. The van der Waals surface area contributed by atoms with E-state index < -0.39 is 0 Å². The molecule has 0 unspecified atom stereocenters. The van der Waals surface area contributed by atoms with E-state index in [1.807, 2.05) is 23.1 Å². The molecule has 0 radical (unpaired) electrons. The normalized spacial score (nSPS) is 14.4. The molecule has 1 aliphatic heterocycles. The summed E-state index contributed by atoms with van der Waals surface area (Å²) in [6.45, 7) is 3.41. The largest absolute Gasteiger partial charge is 0.497 e. The van der Waals surface area contributed by atoms with Crippen molar-refractivity contribution in [1.82, 2.24) is 4.90 Å². The number of piperazine rings is 1. The Labute approximate surface area is 153 Å². The number of benzene rings is 2. The van der Waals surface area contributed by atoms with E-state index in [4.69, 9.17) is 4.74 Å². The van der Waals surface area contributed by atoms with Gasteiger partial charge in [0, 0.05) is 37.6 Å². The second-order valence-electron chi connectivity index (χ2n) is 6.04. The third-order valence-corrected chi connectivity index (χ3v) is 5.40. The number of hydrogen-bond acceptors (Lipinski definition) is 4. The number of amides is 1. The summed E-state index contributed by atoms with van der Waals surface area (Å²) in [5.74, 6) is 2.49. The first-order valence-electron chi connectivity index (χ1n) is 8.55. The predicted octanol–water partition coefficient (Wildman–Crippen LogP) is 3.28. The summed E-state index contributed by atoms with van der Waals surface area (Å²) >= 11 is 1.67. The van der Waals surface area contributed by atoms with Crippen molar-refractivity contribution in [2.45, 2.75) is 5.75 Å². The second kappa shape index (κ2) is 8.81. The SMILES string of the molecule is COc1ccc(CSCC(=O)N2CCN(c3ccccc3)CC2)cc1. The lowest BCUT2D eigenvalue weighted by atomic mass is 10.2. The molecule has 4 nitrogen and oxygen atoms in total. The number of para-hydroxylation sites is 1. The van der Waals surface area contributed by atoms with Crippen LogP contribution in [0.3, 0.4) is 0 Å². The number of nitrogens with zero attached hydrogens (tertiary/aromatic N) is 2. The number of carbonyl (C=O) groups excluding carboxylic acids is 1. The molecule has 25 heavy (non-hydrogen) atoms. The molecule has 0 atom stereocenters. The van der Waals surface area contributed by atoms with Crippen LogP contribution < -0.4 is 9.64 Å². The van der Waals surface area contributed by atoms with Crippen LogP contribution in [0.15, 0.2) is 54.6 Å². The first kappa shape index (κ1) is 17.7. The lowest BCUT2D eigenvalue weighted by Gasteiger charge is -2.36. The smallest absolute Gasteiger partial charge is 0.232 e. The molecule has 0 saturated carbocycles. The van der Waals surface area contributed by atoms with Gasteiger partial charge >= 0.3 is 0 Å². The van der Waals surface area contributed by atoms with Crippen LogP contribution in [0.1, 0.15) is 5.56 Å². The summed E-state index contributed by atoms with van der Waals surface area (Å²) in [5.41, 5.74) is 2.45. The number of ether oxygens (including phenoxy) is 1. The van der Waals surface area contributed by atoms with Gasteiger partial charge in [-0.3, -0.25) is 4.79 Å². The molecule has 0 aromatic heterocycles. The van der Waals surface area contributed by atoms with Gasteiger partial charge in [0.15, 0.2) is 0 Å². The quantitative estimate of drug-likeness (QED) is 0.795. The van der Waals surface area contributed by atoms with Gasteiger partial charge in [-0.05, 0) is 29.8 Å². The molecule has 132 valence electrons. The fourth-order valence-corrected chi connectivity index (χ4v) is 3.81. The molecule has 2 aromatic carbocycles. The molecular weight excluding hydrogens is 332 g/mol. The zero-order chi connectivity index (χ0) is 17.5. The minimum Gasteiger partial charge on any atom is -0.497 e. The van der Waals surface area contributed by atoms with Crippen LogP contribution >= 0.6 is 11.8 Å². The Morgan fingerprint density at radius 2 is 1.68 bits per heavy atom. The van der Waals surface area contributed by atoms with Crippen LogP contribution in [0.2, 0.25) is 0 Å². The summed E-state index contributed by atoms with van der Waals surface area (Å²) in [5, 5.41) is 0. The van der Waals surface area contributed by atoms with Gasteiger partial charge in [0.25, 0.3) is 0 Å². The zero-order valence-corrected chi connectivity index (χ0v) is 15.4. The highest BCUT2D eigenvalue weighted by Crippen LogP contribution is 2.18. The predicted molar refractivity (Wildman–Crippen MR) is 104 cm³/mol. The molecule has 0 N–H and O–H groups in total. The highest BCUT2D eigenvalue weighted by Gasteiger charge is 2.20. The Balaban J connectivity index is 1.40. The Hall–Kier alpha value is -2.14. The van der Waals surface area contributed by atoms with E-state index >= 15 is 0 Å². The van der Waals surface area contributed by atoms with Gasteiger partial charge in [-0.25, -0.2) is 0 Å². The third kappa shape index (κ3) is 4.92. The van der Waals surface area contributed by atoms with E-state index in [1.165, 1.54) is 11.3 Å². The van der Waals surface area contributed by atoms with Gasteiger partial charge in [-0.2, -0.15) is 0 Å². The van der Waals surface area contributed by atoms with Crippen LogP contribution in [0, 0.1) is 0 Å². The molecule has 1 fully saturated rings. The molecular formula is C20H24N2O2S.